The Bertz CT molecular complexity index is 776. The Labute approximate surface area is 176 Å². The fourth-order valence-corrected chi connectivity index (χ4v) is 3.97. The summed E-state index contributed by atoms with van der Waals surface area (Å²) in [5, 5.41) is 3.48. The number of hydrogen-bond acceptors (Lipinski definition) is 4. The number of halogens is 1. The van der Waals surface area contributed by atoms with Crippen molar-refractivity contribution in [2.75, 3.05) is 27.8 Å². The average Bonchev–Trinajstić information content (AvgIpc) is 3.06. The maximum absolute atomic E-state index is 5.44. The molecule has 0 amide bonds. The molecule has 5 nitrogen and oxygen atoms in total. The lowest BCUT2D eigenvalue weighted by molar-refractivity contribution is 0.346. The van der Waals surface area contributed by atoms with Gasteiger partial charge in [0, 0.05) is 29.9 Å². The molecule has 7 heteroatoms. The quantitative estimate of drug-likeness (QED) is 0.405. The summed E-state index contributed by atoms with van der Waals surface area (Å²) in [6.45, 7) is 4.69. The van der Waals surface area contributed by atoms with E-state index in [1.165, 1.54) is 20.9 Å². The molecule has 1 aromatic heterocycles. The van der Waals surface area contributed by atoms with E-state index in [-0.39, 0.29) is 24.0 Å². The summed E-state index contributed by atoms with van der Waals surface area (Å²) in [6, 6.07) is 8.50. The molecular formula is C19H26IN3O2S. The first-order valence-electron chi connectivity index (χ1n) is 8.39. The van der Waals surface area contributed by atoms with Crippen LogP contribution in [-0.4, -0.2) is 38.7 Å². The van der Waals surface area contributed by atoms with E-state index in [2.05, 4.69) is 46.4 Å². The zero-order valence-corrected chi connectivity index (χ0v) is 18.8. The molecule has 1 N–H and O–H groups in total. The summed E-state index contributed by atoms with van der Waals surface area (Å²) >= 11 is 1.82. The van der Waals surface area contributed by atoms with Gasteiger partial charge in [-0.25, -0.2) is 0 Å². The zero-order chi connectivity index (χ0) is 17.8. The molecule has 142 valence electrons. The second-order valence-corrected chi connectivity index (χ2v) is 7.43. The lowest BCUT2D eigenvalue weighted by atomic mass is 9.99. The van der Waals surface area contributed by atoms with Gasteiger partial charge in [0.1, 0.15) is 0 Å². The van der Waals surface area contributed by atoms with Crippen molar-refractivity contribution in [3.8, 4) is 11.5 Å². The number of thiophene rings is 1. The number of aryl methyl sites for hydroxylation is 1. The van der Waals surface area contributed by atoms with E-state index < -0.39 is 0 Å². The van der Waals surface area contributed by atoms with Crippen LogP contribution in [0.25, 0.3) is 0 Å². The van der Waals surface area contributed by atoms with Crippen LogP contribution in [0, 0.1) is 6.92 Å². The number of nitrogens with one attached hydrogen (secondary N) is 1. The van der Waals surface area contributed by atoms with E-state index in [0.717, 1.165) is 43.5 Å². The molecule has 0 fully saturated rings. The molecule has 2 heterocycles. The average molecular weight is 487 g/mol. The van der Waals surface area contributed by atoms with Crippen molar-refractivity contribution in [2.24, 2.45) is 4.99 Å². The van der Waals surface area contributed by atoms with Gasteiger partial charge in [0.15, 0.2) is 17.5 Å². The number of guanidine groups is 1. The molecule has 0 bridgehead atoms. The minimum atomic E-state index is 0. The highest BCUT2D eigenvalue weighted by atomic mass is 127. The number of ether oxygens (including phenoxy) is 2. The normalized spacial score (nSPS) is 13.7. The largest absolute Gasteiger partial charge is 0.493 e. The van der Waals surface area contributed by atoms with E-state index in [0.29, 0.717) is 0 Å². The van der Waals surface area contributed by atoms with Gasteiger partial charge >= 0.3 is 0 Å². The Hall–Kier alpha value is -1.48. The fourth-order valence-electron chi connectivity index (χ4n) is 3.14. The van der Waals surface area contributed by atoms with Gasteiger partial charge in [0.25, 0.3) is 0 Å². The van der Waals surface area contributed by atoms with Crippen molar-refractivity contribution >= 4 is 41.3 Å². The highest BCUT2D eigenvalue weighted by Crippen LogP contribution is 2.33. The first-order chi connectivity index (χ1) is 12.1. The van der Waals surface area contributed by atoms with Crippen LogP contribution in [-0.2, 0) is 19.5 Å². The third kappa shape index (κ3) is 4.62. The van der Waals surface area contributed by atoms with Crippen LogP contribution in [0.5, 0.6) is 11.5 Å². The molecule has 1 aliphatic heterocycles. The van der Waals surface area contributed by atoms with Crippen LogP contribution in [0.2, 0.25) is 0 Å². The number of methoxy groups -OCH3 is 2. The molecule has 0 saturated heterocycles. The molecule has 1 aromatic carbocycles. The third-order valence-electron chi connectivity index (χ3n) is 4.45. The van der Waals surface area contributed by atoms with E-state index in [1.807, 2.05) is 18.4 Å². The minimum Gasteiger partial charge on any atom is -0.493 e. The summed E-state index contributed by atoms with van der Waals surface area (Å²) in [7, 11) is 5.19. The molecule has 3 rings (SSSR count). The first kappa shape index (κ1) is 20.8. The van der Waals surface area contributed by atoms with Gasteiger partial charge in [-0.3, -0.25) is 4.99 Å². The molecule has 0 atom stereocenters. The topological polar surface area (TPSA) is 46.1 Å². The van der Waals surface area contributed by atoms with Crippen LogP contribution >= 0.6 is 35.3 Å². The second kappa shape index (κ2) is 9.45. The van der Waals surface area contributed by atoms with Crippen molar-refractivity contribution in [1.29, 1.82) is 0 Å². The predicted octanol–water partition coefficient (Wildman–Crippen LogP) is 3.83. The number of fused-ring (bicyclic) bond motifs is 1. The van der Waals surface area contributed by atoms with Crippen molar-refractivity contribution in [3.63, 3.8) is 0 Å². The molecule has 1 aliphatic rings. The van der Waals surface area contributed by atoms with Crippen molar-refractivity contribution < 1.29 is 9.47 Å². The molecule has 26 heavy (non-hydrogen) atoms. The van der Waals surface area contributed by atoms with Gasteiger partial charge in [-0.15, -0.1) is 35.3 Å². The zero-order valence-electron chi connectivity index (χ0n) is 15.7. The highest BCUT2D eigenvalue weighted by Gasteiger charge is 2.21. The summed E-state index contributed by atoms with van der Waals surface area (Å²) in [5.74, 6) is 2.51. The summed E-state index contributed by atoms with van der Waals surface area (Å²) in [5.41, 5.74) is 2.58. The number of hydrogen-bond donors (Lipinski definition) is 1. The number of aliphatic imine (C=N–C) groups is 1. The Kier molecular flexibility index (Phi) is 7.57. The maximum atomic E-state index is 5.44. The smallest absolute Gasteiger partial charge is 0.194 e. The Morgan fingerprint density at radius 1 is 1.19 bits per heavy atom. The molecule has 0 unspecified atom stereocenters. The van der Waals surface area contributed by atoms with Crippen molar-refractivity contribution in [1.82, 2.24) is 10.2 Å². The van der Waals surface area contributed by atoms with E-state index in [9.17, 15) is 0 Å². The van der Waals surface area contributed by atoms with Crippen LogP contribution in [0.15, 0.2) is 29.3 Å². The second-order valence-electron chi connectivity index (χ2n) is 6.06. The molecule has 0 spiro atoms. The monoisotopic (exact) mass is 487 g/mol. The summed E-state index contributed by atoms with van der Waals surface area (Å²) < 4.78 is 10.9. The number of rotatable bonds is 4. The number of benzene rings is 1. The van der Waals surface area contributed by atoms with Crippen LogP contribution < -0.4 is 14.8 Å². The molecule has 2 aromatic rings. The Morgan fingerprint density at radius 2 is 1.88 bits per heavy atom. The summed E-state index contributed by atoms with van der Waals surface area (Å²) in [4.78, 5) is 9.40. The molecular weight excluding hydrogens is 461 g/mol. The molecule has 0 radical (unpaired) electrons. The SMILES string of the molecule is CN=C(NCc1ccc(C)s1)N1CCc2cc(OC)c(OC)cc2C1.I. The van der Waals surface area contributed by atoms with Crippen LogP contribution in [0.1, 0.15) is 20.9 Å². The third-order valence-corrected chi connectivity index (χ3v) is 5.45. The number of nitrogens with zero attached hydrogens (tertiary/aromatic N) is 2. The Balaban J connectivity index is 0.00000243. The maximum Gasteiger partial charge on any atom is 0.194 e. The van der Waals surface area contributed by atoms with Crippen LogP contribution in [0.3, 0.4) is 0 Å². The lowest BCUT2D eigenvalue weighted by Gasteiger charge is -2.32. The minimum absolute atomic E-state index is 0. The molecule has 0 saturated carbocycles. The lowest BCUT2D eigenvalue weighted by Crippen LogP contribution is -2.43. The standard InChI is InChI=1S/C19H25N3O2S.HI/c1-13-5-6-16(25-13)11-21-19(20-2)22-8-7-14-9-17(23-3)18(24-4)10-15(14)12-22;/h5-6,9-10H,7-8,11-12H2,1-4H3,(H,20,21);1H. The van der Waals surface area contributed by atoms with E-state index in [1.54, 1.807) is 14.2 Å². The first-order valence-corrected chi connectivity index (χ1v) is 9.21. The Morgan fingerprint density at radius 3 is 2.46 bits per heavy atom. The van der Waals surface area contributed by atoms with Gasteiger partial charge in [-0.05, 0) is 48.7 Å². The van der Waals surface area contributed by atoms with E-state index >= 15 is 0 Å². The van der Waals surface area contributed by atoms with Gasteiger partial charge in [-0.2, -0.15) is 0 Å². The van der Waals surface area contributed by atoms with Gasteiger partial charge in [0.05, 0.1) is 20.8 Å². The van der Waals surface area contributed by atoms with Crippen LogP contribution in [0.4, 0.5) is 0 Å². The fraction of sp³-hybridized carbons (Fsp3) is 0.421. The summed E-state index contributed by atoms with van der Waals surface area (Å²) in [6.07, 6.45) is 0.967. The van der Waals surface area contributed by atoms with Crippen molar-refractivity contribution in [3.05, 3.63) is 45.1 Å². The van der Waals surface area contributed by atoms with Gasteiger partial charge in [-0.1, -0.05) is 0 Å². The van der Waals surface area contributed by atoms with Gasteiger partial charge in [0.2, 0.25) is 0 Å². The van der Waals surface area contributed by atoms with Crippen molar-refractivity contribution in [2.45, 2.75) is 26.4 Å². The molecule has 0 aliphatic carbocycles. The van der Waals surface area contributed by atoms with E-state index in [4.69, 9.17) is 9.47 Å². The predicted molar refractivity (Wildman–Crippen MR) is 118 cm³/mol. The highest BCUT2D eigenvalue weighted by molar-refractivity contribution is 14.0. The van der Waals surface area contributed by atoms with Gasteiger partial charge < -0.3 is 19.7 Å².